The molecule has 3 N–H and O–H groups in total. The first-order valence-electron chi connectivity index (χ1n) is 5.93. The largest absolute Gasteiger partial charge is 0.378 e. The predicted octanol–water partition coefficient (Wildman–Crippen LogP) is 1.08. The highest BCUT2D eigenvalue weighted by molar-refractivity contribution is 5.49. The van der Waals surface area contributed by atoms with E-state index in [1.165, 1.54) is 0 Å². The van der Waals surface area contributed by atoms with E-state index in [1.54, 1.807) is 12.1 Å². The molecule has 0 amide bonds. The van der Waals surface area contributed by atoms with Crippen molar-refractivity contribution in [1.82, 2.24) is 0 Å². The molecule has 4 atom stereocenters. The topological polar surface area (TPSA) is 71.1 Å². The molecule has 1 saturated carbocycles. The van der Waals surface area contributed by atoms with E-state index in [0.29, 0.717) is 11.5 Å². The van der Waals surface area contributed by atoms with Crippen LogP contribution in [-0.4, -0.2) is 24.8 Å². The van der Waals surface area contributed by atoms with E-state index in [-0.39, 0.29) is 18.2 Å². The van der Waals surface area contributed by atoms with Gasteiger partial charge >= 0.3 is 0 Å². The molecule has 4 unspecified atom stereocenters. The highest BCUT2D eigenvalue weighted by Crippen LogP contribution is 2.39. The number of nitrogens with one attached hydrogen (secondary N) is 1. The van der Waals surface area contributed by atoms with Crippen LogP contribution in [0.3, 0.4) is 0 Å². The number of fused-ring (bicyclic) bond motifs is 1. The van der Waals surface area contributed by atoms with Crippen LogP contribution in [0.15, 0.2) is 24.3 Å². The number of hydrogen-bond acceptors (Lipinski definition) is 4. The molecule has 0 radical (unpaired) electrons. The summed E-state index contributed by atoms with van der Waals surface area (Å²) in [6, 6.07) is 9.92. The van der Waals surface area contributed by atoms with Crippen molar-refractivity contribution < 1.29 is 4.74 Å². The second kappa shape index (κ2) is 4.02. The molecule has 2 fully saturated rings. The maximum absolute atomic E-state index is 8.72. The normalized spacial score (nSPS) is 34.6. The van der Waals surface area contributed by atoms with Crippen molar-refractivity contribution in [3.8, 4) is 6.07 Å². The van der Waals surface area contributed by atoms with Crippen molar-refractivity contribution in [3.05, 3.63) is 29.8 Å². The lowest BCUT2D eigenvalue weighted by Gasteiger charge is -2.46. The van der Waals surface area contributed by atoms with Gasteiger partial charge in [0.2, 0.25) is 0 Å². The van der Waals surface area contributed by atoms with Gasteiger partial charge in [0.15, 0.2) is 0 Å². The molecule has 88 valence electrons. The fraction of sp³-hybridized carbons (Fsp3) is 0.462. The standard InChI is InChI=1S/C13H15N3O/c14-7-8-1-3-9(4-2-8)16-12-11(15)10-5-6-17-13(10)12/h1-4,10-13,16H,5-6,15H2. The fourth-order valence-electron chi connectivity index (χ4n) is 2.76. The van der Waals surface area contributed by atoms with E-state index in [1.807, 2.05) is 12.1 Å². The minimum absolute atomic E-state index is 0.179. The van der Waals surface area contributed by atoms with Crippen molar-refractivity contribution in [1.29, 1.82) is 5.26 Å². The highest BCUT2D eigenvalue weighted by atomic mass is 16.5. The van der Waals surface area contributed by atoms with Crippen LogP contribution in [0, 0.1) is 17.2 Å². The maximum Gasteiger partial charge on any atom is 0.0991 e. The Morgan fingerprint density at radius 3 is 2.82 bits per heavy atom. The Morgan fingerprint density at radius 2 is 2.12 bits per heavy atom. The van der Waals surface area contributed by atoms with E-state index < -0.39 is 0 Å². The van der Waals surface area contributed by atoms with Gasteiger partial charge in [0, 0.05) is 24.3 Å². The zero-order chi connectivity index (χ0) is 11.8. The summed E-state index contributed by atoms with van der Waals surface area (Å²) in [7, 11) is 0. The van der Waals surface area contributed by atoms with Gasteiger partial charge in [-0.05, 0) is 30.7 Å². The average Bonchev–Trinajstić information content (AvgIpc) is 2.81. The molecule has 0 spiro atoms. The third-order valence-corrected chi connectivity index (χ3v) is 3.79. The molecule has 1 heterocycles. The Hall–Kier alpha value is -1.57. The molecule has 1 saturated heterocycles. The molecule has 1 aliphatic carbocycles. The number of nitriles is 1. The van der Waals surface area contributed by atoms with Gasteiger partial charge in [-0.25, -0.2) is 0 Å². The van der Waals surface area contributed by atoms with Gasteiger partial charge in [0.05, 0.1) is 23.8 Å². The second-order valence-corrected chi connectivity index (χ2v) is 4.72. The smallest absolute Gasteiger partial charge is 0.0991 e. The summed E-state index contributed by atoms with van der Waals surface area (Å²) in [5.41, 5.74) is 7.79. The third-order valence-electron chi connectivity index (χ3n) is 3.79. The van der Waals surface area contributed by atoms with Crippen molar-refractivity contribution in [2.75, 3.05) is 11.9 Å². The van der Waals surface area contributed by atoms with Crippen LogP contribution in [-0.2, 0) is 4.74 Å². The van der Waals surface area contributed by atoms with Gasteiger partial charge < -0.3 is 15.8 Å². The molecule has 1 aliphatic heterocycles. The van der Waals surface area contributed by atoms with Gasteiger partial charge in [-0.3, -0.25) is 0 Å². The summed E-state index contributed by atoms with van der Waals surface area (Å²) >= 11 is 0. The van der Waals surface area contributed by atoms with Crippen LogP contribution in [0.4, 0.5) is 5.69 Å². The van der Waals surface area contributed by atoms with Gasteiger partial charge in [-0.1, -0.05) is 0 Å². The summed E-state index contributed by atoms with van der Waals surface area (Å²) in [4.78, 5) is 0. The summed E-state index contributed by atoms with van der Waals surface area (Å²) in [6.45, 7) is 0.828. The molecule has 0 aromatic heterocycles. The van der Waals surface area contributed by atoms with Crippen LogP contribution in [0.1, 0.15) is 12.0 Å². The number of nitrogens with two attached hydrogens (primary N) is 1. The molecular weight excluding hydrogens is 214 g/mol. The van der Waals surface area contributed by atoms with Crippen LogP contribution in [0.25, 0.3) is 0 Å². The van der Waals surface area contributed by atoms with Crippen molar-refractivity contribution >= 4 is 5.69 Å². The molecule has 4 heteroatoms. The minimum atomic E-state index is 0.179. The summed E-state index contributed by atoms with van der Waals surface area (Å²) < 4.78 is 5.66. The van der Waals surface area contributed by atoms with E-state index in [4.69, 9.17) is 15.7 Å². The predicted molar refractivity (Wildman–Crippen MR) is 64.4 cm³/mol. The monoisotopic (exact) mass is 229 g/mol. The van der Waals surface area contributed by atoms with E-state index in [9.17, 15) is 0 Å². The van der Waals surface area contributed by atoms with Gasteiger partial charge in [-0.15, -0.1) is 0 Å². The summed E-state index contributed by atoms with van der Waals surface area (Å²) in [5.74, 6) is 0.519. The van der Waals surface area contributed by atoms with Gasteiger partial charge in [-0.2, -0.15) is 5.26 Å². The number of ether oxygens (including phenoxy) is 1. The van der Waals surface area contributed by atoms with E-state index in [2.05, 4.69) is 11.4 Å². The Labute approximate surface area is 100 Å². The Balaban J connectivity index is 1.69. The quantitative estimate of drug-likeness (QED) is 0.796. The maximum atomic E-state index is 8.72. The Bertz CT molecular complexity index is 451. The zero-order valence-electron chi connectivity index (χ0n) is 9.47. The molecule has 0 bridgehead atoms. The highest BCUT2D eigenvalue weighted by Gasteiger charge is 2.52. The lowest BCUT2D eigenvalue weighted by atomic mass is 9.72. The Morgan fingerprint density at radius 1 is 1.35 bits per heavy atom. The van der Waals surface area contributed by atoms with E-state index >= 15 is 0 Å². The molecular formula is C13H15N3O. The third kappa shape index (κ3) is 1.68. The number of rotatable bonds is 2. The van der Waals surface area contributed by atoms with Crippen LogP contribution in [0.2, 0.25) is 0 Å². The second-order valence-electron chi connectivity index (χ2n) is 4.72. The van der Waals surface area contributed by atoms with Gasteiger partial charge in [0.1, 0.15) is 0 Å². The summed E-state index contributed by atoms with van der Waals surface area (Å²) in [6.07, 6.45) is 1.35. The van der Waals surface area contributed by atoms with Gasteiger partial charge in [0.25, 0.3) is 0 Å². The summed E-state index contributed by atoms with van der Waals surface area (Å²) in [5, 5.41) is 12.1. The van der Waals surface area contributed by atoms with Crippen molar-refractivity contribution in [2.24, 2.45) is 11.7 Å². The first-order valence-corrected chi connectivity index (χ1v) is 5.93. The van der Waals surface area contributed by atoms with Crippen molar-refractivity contribution in [2.45, 2.75) is 24.6 Å². The zero-order valence-corrected chi connectivity index (χ0v) is 9.47. The molecule has 17 heavy (non-hydrogen) atoms. The first-order chi connectivity index (χ1) is 8.29. The number of nitrogens with zero attached hydrogens (tertiary/aromatic N) is 1. The Kier molecular flexibility index (Phi) is 2.50. The number of benzene rings is 1. The molecule has 2 aliphatic rings. The number of anilines is 1. The lowest BCUT2D eigenvalue weighted by molar-refractivity contribution is 0.00538. The van der Waals surface area contributed by atoms with E-state index in [0.717, 1.165) is 18.7 Å². The first kappa shape index (κ1) is 10.6. The molecule has 1 aromatic carbocycles. The SMILES string of the molecule is N#Cc1ccc(NC2C(N)C3CCOC32)cc1. The lowest BCUT2D eigenvalue weighted by Crippen LogP contribution is -2.65. The fourth-order valence-corrected chi connectivity index (χ4v) is 2.76. The molecule has 3 rings (SSSR count). The molecule has 4 nitrogen and oxygen atoms in total. The van der Waals surface area contributed by atoms with Crippen LogP contribution in [0.5, 0.6) is 0 Å². The van der Waals surface area contributed by atoms with Crippen LogP contribution >= 0.6 is 0 Å². The van der Waals surface area contributed by atoms with Crippen LogP contribution < -0.4 is 11.1 Å². The average molecular weight is 229 g/mol. The molecule has 1 aromatic rings. The number of hydrogen-bond donors (Lipinski definition) is 2. The minimum Gasteiger partial charge on any atom is -0.378 e. The van der Waals surface area contributed by atoms with Crippen molar-refractivity contribution in [3.63, 3.8) is 0 Å².